The van der Waals surface area contributed by atoms with Crippen molar-refractivity contribution in [3.63, 3.8) is 0 Å². The van der Waals surface area contributed by atoms with E-state index in [1.165, 1.54) is 23.3 Å². The van der Waals surface area contributed by atoms with Crippen LogP contribution in [0.3, 0.4) is 0 Å². The van der Waals surface area contributed by atoms with Crippen molar-refractivity contribution >= 4 is 62.3 Å². The van der Waals surface area contributed by atoms with Crippen molar-refractivity contribution in [2.75, 3.05) is 68.9 Å². The predicted octanol–water partition coefficient (Wildman–Crippen LogP) is 7.81. The molecular formula is C45H49ClN6O7S2. The molecule has 0 spiro atoms. The molecule has 5 aromatic rings. The number of rotatable bonds is 19. The maximum Gasteiger partial charge on any atom is 0.320 e. The molecule has 5 aromatic carbocycles. The molecule has 0 radical (unpaired) electrons. The van der Waals surface area contributed by atoms with Gasteiger partial charge in [-0.2, -0.15) is 0 Å². The lowest BCUT2D eigenvalue weighted by Gasteiger charge is -2.36. The zero-order valence-electron chi connectivity index (χ0n) is 34.0. The summed E-state index contributed by atoms with van der Waals surface area (Å²) in [6.07, 6.45) is 0.513. The van der Waals surface area contributed by atoms with Crippen molar-refractivity contribution in [1.29, 1.82) is 0 Å². The number of benzene rings is 5. The zero-order valence-corrected chi connectivity index (χ0v) is 36.4. The van der Waals surface area contributed by atoms with E-state index in [4.69, 9.17) is 16.3 Å². The second kappa shape index (κ2) is 21.4. The number of thioether (sulfide) groups is 1. The van der Waals surface area contributed by atoms with Crippen molar-refractivity contribution in [2.45, 2.75) is 35.7 Å². The molecule has 6 rings (SSSR count). The number of hydrogen-bond donors (Lipinski definition) is 2. The van der Waals surface area contributed by atoms with Crippen LogP contribution in [0.2, 0.25) is 5.02 Å². The van der Waals surface area contributed by atoms with Gasteiger partial charge in [0.2, 0.25) is 0 Å². The van der Waals surface area contributed by atoms with Gasteiger partial charge in [0.1, 0.15) is 5.69 Å². The molecule has 0 unspecified atom stereocenters. The number of nitro benzene ring substituents is 1. The van der Waals surface area contributed by atoms with Gasteiger partial charge in [-0.25, -0.2) is 13.1 Å². The van der Waals surface area contributed by atoms with E-state index >= 15 is 0 Å². The fourth-order valence-corrected chi connectivity index (χ4v) is 9.12. The van der Waals surface area contributed by atoms with Gasteiger partial charge in [-0.3, -0.25) is 29.5 Å². The number of piperazine rings is 1. The number of ether oxygens (including phenoxy) is 1. The molecule has 16 heteroatoms. The highest BCUT2D eigenvalue weighted by molar-refractivity contribution is 7.99. The molecule has 320 valence electrons. The third-order valence-corrected chi connectivity index (χ3v) is 13.0. The molecular weight excluding hydrogens is 836 g/mol. The Balaban J connectivity index is 1.06. The molecule has 0 aliphatic carbocycles. The number of sulfonamides is 1. The van der Waals surface area contributed by atoms with Gasteiger partial charge in [0.05, 0.1) is 23.0 Å². The summed E-state index contributed by atoms with van der Waals surface area (Å²) in [4.78, 5) is 43.9. The lowest BCUT2D eigenvalue weighted by Crippen LogP contribution is -2.46. The number of nitro groups is 1. The van der Waals surface area contributed by atoms with Gasteiger partial charge in [-0.15, -0.1) is 11.8 Å². The van der Waals surface area contributed by atoms with Crippen LogP contribution in [0.1, 0.15) is 29.3 Å². The second-order valence-electron chi connectivity index (χ2n) is 14.6. The first-order chi connectivity index (χ1) is 29.4. The Bertz CT molecular complexity index is 2380. The summed E-state index contributed by atoms with van der Waals surface area (Å²) in [5, 5.41) is 16.2. The van der Waals surface area contributed by atoms with Crippen LogP contribution in [0.4, 0.5) is 17.1 Å². The van der Waals surface area contributed by atoms with Crippen LogP contribution in [0.5, 0.6) is 0 Å². The summed E-state index contributed by atoms with van der Waals surface area (Å²) in [5.41, 5.74) is 4.23. The Labute approximate surface area is 366 Å². The maximum atomic E-state index is 13.4. The highest BCUT2D eigenvalue weighted by atomic mass is 35.5. The first-order valence-electron chi connectivity index (χ1n) is 19.9. The van der Waals surface area contributed by atoms with Crippen molar-refractivity contribution in [2.24, 2.45) is 0 Å². The van der Waals surface area contributed by atoms with Crippen molar-refractivity contribution < 1.29 is 27.7 Å². The molecule has 1 heterocycles. The zero-order chi connectivity index (χ0) is 43.4. The van der Waals surface area contributed by atoms with Gasteiger partial charge in [0.25, 0.3) is 21.6 Å². The summed E-state index contributed by atoms with van der Waals surface area (Å²) < 4.78 is 34.0. The van der Waals surface area contributed by atoms with Crippen molar-refractivity contribution in [3.05, 3.63) is 148 Å². The predicted molar refractivity (Wildman–Crippen MR) is 242 cm³/mol. The molecule has 1 fully saturated rings. The van der Waals surface area contributed by atoms with Crippen molar-refractivity contribution in [3.8, 4) is 11.1 Å². The van der Waals surface area contributed by atoms with E-state index in [0.29, 0.717) is 23.7 Å². The number of hydrogen-bond acceptors (Lipinski definition) is 12. The van der Waals surface area contributed by atoms with E-state index in [1.54, 1.807) is 50.0 Å². The summed E-state index contributed by atoms with van der Waals surface area (Å²) in [7, 11) is -2.70. The summed E-state index contributed by atoms with van der Waals surface area (Å²) in [5.74, 6) is -0.676. The molecule has 0 saturated carbocycles. The minimum atomic E-state index is -4.49. The lowest BCUT2D eigenvalue weighted by atomic mass is 9.99. The van der Waals surface area contributed by atoms with Gasteiger partial charge in [-0.1, -0.05) is 66.2 Å². The molecule has 1 atom stereocenters. The molecule has 1 saturated heterocycles. The van der Waals surface area contributed by atoms with Gasteiger partial charge in [-0.05, 0) is 97.7 Å². The average Bonchev–Trinajstić information content (AvgIpc) is 3.25. The van der Waals surface area contributed by atoms with Crippen LogP contribution in [-0.4, -0.2) is 99.7 Å². The fourth-order valence-electron chi connectivity index (χ4n) is 7.00. The van der Waals surface area contributed by atoms with Gasteiger partial charge >= 0.3 is 5.97 Å². The number of esters is 1. The fraction of sp³-hybridized carbons (Fsp3) is 0.289. The van der Waals surface area contributed by atoms with Gasteiger partial charge < -0.3 is 15.0 Å². The normalized spacial score (nSPS) is 13.7. The smallest absolute Gasteiger partial charge is 0.320 e. The summed E-state index contributed by atoms with van der Waals surface area (Å²) in [6.45, 7) is 6.60. The van der Waals surface area contributed by atoms with Crippen LogP contribution in [0.25, 0.3) is 11.1 Å². The molecule has 1 aliphatic heterocycles. The lowest BCUT2D eigenvalue weighted by molar-refractivity contribution is -0.384. The van der Waals surface area contributed by atoms with E-state index in [2.05, 4.69) is 38.0 Å². The topological polar surface area (TPSA) is 154 Å². The molecule has 61 heavy (non-hydrogen) atoms. The SMILES string of the molecule is CCOC(=O)CN(C)CC[C@H](CSc1ccccc1)Nc1ccc(S(=O)(=O)NC(=O)c2ccc(N3CCN(Cc4ccccc4-c4ccc(Cl)cc4)CC3)cc2)cc1[N+](=O)[O-]. The third kappa shape index (κ3) is 12.8. The van der Waals surface area contributed by atoms with Crippen LogP contribution in [0, 0.1) is 10.1 Å². The van der Waals surface area contributed by atoms with E-state index in [0.717, 1.165) is 54.9 Å². The average molecular weight is 886 g/mol. The van der Waals surface area contributed by atoms with Crippen LogP contribution < -0.4 is 14.9 Å². The number of anilines is 2. The quantitative estimate of drug-likeness (QED) is 0.0360. The Hall–Kier alpha value is -5.45. The highest BCUT2D eigenvalue weighted by Crippen LogP contribution is 2.31. The van der Waals surface area contributed by atoms with Gasteiger partial charge in [0, 0.05) is 78.3 Å². The maximum absolute atomic E-state index is 13.4. The van der Waals surface area contributed by atoms with Gasteiger partial charge in [0.15, 0.2) is 0 Å². The highest BCUT2D eigenvalue weighted by Gasteiger charge is 2.26. The van der Waals surface area contributed by atoms with E-state index in [-0.39, 0.29) is 36.4 Å². The first kappa shape index (κ1) is 45.1. The monoisotopic (exact) mass is 884 g/mol. The molecule has 0 bridgehead atoms. The molecule has 1 amide bonds. The van der Waals surface area contributed by atoms with Crippen LogP contribution in [0.15, 0.2) is 131 Å². The van der Waals surface area contributed by atoms with Crippen LogP contribution >= 0.6 is 23.4 Å². The Morgan fingerprint density at radius 3 is 2.30 bits per heavy atom. The first-order valence-corrected chi connectivity index (χ1v) is 22.8. The van der Waals surface area contributed by atoms with E-state index in [9.17, 15) is 28.1 Å². The Kier molecular flexibility index (Phi) is 15.8. The molecule has 13 nitrogen and oxygen atoms in total. The Morgan fingerprint density at radius 2 is 1.61 bits per heavy atom. The Morgan fingerprint density at radius 1 is 0.918 bits per heavy atom. The number of likely N-dealkylation sites (N-methyl/N-ethyl adjacent to an activating group) is 1. The number of carbonyl (C=O) groups excluding carboxylic acids is 2. The molecule has 0 aromatic heterocycles. The largest absolute Gasteiger partial charge is 0.465 e. The van der Waals surface area contributed by atoms with Crippen LogP contribution in [-0.2, 0) is 26.1 Å². The summed E-state index contributed by atoms with van der Waals surface area (Å²) in [6, 6.07) is 35.9. The molecule has 1 aliphatic rings. The number of nitrogens with one attached hydrogen (secondary N) is 2. The summed E-state index contributed by atoms with van der Waals surface area (Å²) >= 11 is 7.68. The van der Waals surface area contributed by atoms with E-state index < -0.39 is 31.4 Å². The van der Waals surface area contributed by atoms with Crippen molar-refractivity contribution in [1.82, 2.24) is 14.5 Å². The number of carbonyl (C=O) groups is 2. The third-order valence-electron chi connectivity index (χ3n) is 10.3. The minimum absolute atomic E-state index is 0.0932. The number of nitrogens with zero attached hydrogens (tertiary/aromatic N) is 4. The number of amides is 1. The standard InChI is InChI=1S/C45H49ClN6O7S2/c1-3-59-44(53)31-49(2)24-23-37(32-60-39-10-5-4-6-11-39)47-42-22-21-40(29-43(42)52(55)56)61(57,58)48-45(54)34-15-19-38(20-16-34)51-27-25-50(26-28-51)30-35-9-7-8-12-41(35)33-13-17-36(46)18-14-33/h4-22,29,37,47H,3,23-28,30-32H2,1-2H3,(H,48,54)/t37-/m1/s1. The van der Waals surface area contributed by atoms with E-state index in [1.807, 2.05) is 65.6 Å². The number of halogens is 1. The molecule has 2 N–H and O–H groups in total. The minimum Gasteiger partial charge on any atom is -0.465 e. The second-order valence-corrected chi connectivity index (χ2v) is 17.9.